The van der Waals surface area contributed by atoms with Crippen molar-refractivity contribution in [1.29, 1.82) is 0 Å². The number of H-pyrrole nitrogens is 1. The van der Waals surface area contributed by atoms with E-state index in [1.165, 1.54) is 24.7 Å². The van der Waals surface area contributed by atoms with Gasteiger partial charge in [-0.1, -0.05) is 23.7 Å². The van der Waals surface area contributed by atoms with Crippen molar-refractivity contribution in [3.05, 3.63) is 98.0 Å². The molecule has 0 fully saturated rings. The maximum absolute atomic E-state index is 13.3. The molecule has 2 heterocycles. The van der Waals surface area contributed by atoms with Crippen LogP contribution in [-0.4, -0.2) is 30.0 Å². The molecule has 0 amide bonds. The van der Waals surface area contributed by atoms with Gasteiger partial charge in [-0.3, -0.25) is 9.55 Å². The summed E-state index contributed by atoms with van der Waals surface area (Å²) in [5.41, 5.74) is -1.24. The smallest absolute Gasteiger partial charge is 0.335 e. The first-order valence-corrected chi connectivity index (χ1v) is 10.7. The third kappa shape index (κ3) is 5.72. The molecule has 2 N–H and O–H groups in total. The van der Waals surface area contributed by atoms with Crippen molar-refractivity contribution in [3.63, 3.8) is 0 Å². The number of ether oxygens (including phenoxy) is 1. The highest BCUT2D eigenvalue weighted by Crippen LogP contribution is 2.22. The fourth-order valence-electron chi connectivity index (χ4n) is 3.17. The molecule has 0 unspecified atom stereocenters. The SMILES string of the molecule is CC(C)(O)Cn1c(=O)[nH]/c(=N\c2ccc(Oc3ccon3)cc2)n(Cc2ccc(Cl)cc2)c1=O. The molecule has 2 aromatic heterocycles. The van der Waals surface area contributed by atoms with E-state index in [0.29, 0.717) is 22.3 Å². The zero-order valence-electron chi connectivity index (χ0n) is 18.4. The van der Waals surface area contributed by atoms with E-state index in [9.17, 15) is 14.7 Å². The second-order valence-electron chi connectivity index (χ2n) is 8.19. The van der Waals surface area contributed by atoms with Crippen molar-refractivity contribution in [3.8, 4) is 11.6 Å². The minimum Gasteiger partial charge on any atom is -0.436 e. The summed E-state index contributed by atoms with van der Waals surface area (Å²) in [6.45, 7) is 2.98. The molecule has 4 rings (SSSR count). The van der Waals surface area contributed by atoms with Gasteiger partial charge in [-0.25, -0.2) is 19.1 Å². The molecule has 11 heteroatoms. The topological polar surface area (TPSA) is 128 Å². The Labute approximate surface area is 198 Å². The number of nitrogens with one attached hydrogen (secondary N) is 1. The van der Waals surface area contributed by atoms with Crippen LogP contribution in [-0.2, 0) is 13.1 Å². The van der Waals surface area contributed by atoms with Crippen LogP contribution in [0.15, 0.2) is 80.0 Å². The molecule has 4 aromatic rings. The van der Waals surface area contributed by atoms with E-state index in [1.54, 1.807) is 54.6 Å². The van der Waals surface area contributed by atoms with Crippen molar-refractivity contribution in [2.24, 2.45) is 4.99 Å². The minimum atomic E-state index is -1.27. The van der Waals surface area contributed by atoms with Crippen LogP contribution in [0.5, 0.6) is 11.6 Å². The third-order valence-electron chi connectivity index (χ3n) is 4.69. The minimum absolute atomic E-state index is 0.0575. The lowest BCUT2D eigenvalue weighted by Crippen LogP contribution is -2.52. The molecule has 176 valence electrons. The Kier molecular flexibility index (Phi) is 6.53. The first-order valence-electron chi connectivity index (χ1n) is 10.3. The molecule has 0 atom stereocenters. The average molecular weight is 484 g/mol. The Morgan fingerprint density at radius 2 is 1.79 bits per heavy atom. The molecule has 0 saturated heterocycles. The molecule has 34 heavy (non-hydrogen) atoms. The Morgan fingerprint density at radius 1 is 1.09 bits per heavy atom. The zero-order chi connectivity index (χ0) is 24.3. The van der Waals surface area contributed by atoms with Gasteiger partial charge in [0.05, 0.1) is 24.4 Å². The number of aliphatic hydroxyl groups is 1. The highest BCUT2D eigenvalue weighted by molar-refractivity contribution is 6.30. The van der Waals surface area contributed by atoms with E-state index in [1.807, 2.05) is 0 Å². The second kappa shape index (κ2) is 9.54. The summed E-state index contributed by atoms with van der Waals surface area (Å²) in [7, 11) is 0. The Hall–Kier alpha value is -3.89. The summed E-state index contributed by atoms with van der Waals surface area (Å²) in [5.74, 6) is 0.821. The lowest BCUT2D eigenvalue weighted by molar-refractivity contribution is 0.0578. The quantitative estimate of drug-likeness (QED) is 0.416. The Morgan fingerprint density at radius 3 is 2.41 bits per heavy atom. The van der Waals surface area contributed by atoms with Crippen LogP contribution in [0.4, 0.5) is 5.69 Å². The predicted octanol–water partition coefficient (Wildman–Crippen LogP) is 2.82. The summed E-state index contributed by atoms with van der Waals surface area (Å²) >= 11 is 5.97. The molecule has 0 spiro atoms. The van der Waals surface area contributed by atoms with Gasteiger partial charge in [-0.2, -0.15) is 0 Å². The van der Waals surface area contributed by atoms with Gasteiger partial charge in [0.25, 0.3) is 5.88 Å². The van der Waals surface area contributed by atoms with Gasteiger partial charge in [0.15, 0.2) is 0 Å². The molecule has 2 aromatic carbocycles. The van der Waals surface area contributed by atoms with E-state index in [0.717, 1.165) is 10.1 Å². The van der Waals surface area contributed by atoms with Gasteiger partial charge < -0.3 is 14.4 Å². The van der Waals surface area contributed by atoms with Crippen LogP contribution >= 0.6 is 11.6 Å². The highest BCUT2D eigenvalue weighted by atomic mass is 35.5. The first-order chi connectivity index (χ1) is 16.2. The van der Waals surface area contributed by atoms with Crippen molar-refractivity contribution in [2.75, 3.05) is 0 Å². The summed E-state index contributed by atoms with van der Waals surface area (Å²) < 4.78 is 12.6. The second-order valence-corrected chi connectivity index (χ2v) is 8.63. The fraction of sp³-hybridized carbons (Fsp3) is 0.217. The highest BCUT2D eigenvalue weighted by Gasteiger charge is 2.18. The maximum Gasteiger partial charge on any atom is 0.335 e. The summed E-state index contributed by atoms with van der Waals surface area (Å²) in [5, 5.41) is 14.4. The van der Waals surface area contributed by atoms with Crippen LogP contribution < -0.4 is 21.7 Å². The molecule has 10 nitrogen and oxygen atoms in total. The van der Waals surface area contributed by atoms with Crippen LogP contribution in [0.25, 0.3) is 0 Å². The molecular formula is C23H22ClN5O5. The predicted molar refractivity (Wildman–Crippen MR) is 124 cm³/mol. The van der Waals surface area contributed by atoms with Gasteiger partial charge in [0.1, 0.15) is 12.0 Å². The van der Waals surface area contributed by atoms with E-state index in [4.69, 9.17) is 20.9 Å². The van der Waals surface area contributed by atoms with Crippen LogP contribution in [0.3, 0.4) is 0 Å². The van der Waals surface area contributed by atoms with E-state index in [-0.39, 0.29) is 18.7 Å². The maximum atomic E-state index is 13.3. The molecular weight excluding hydrogens is 462 g/mol. The molecule has 0 aliphatic carbocycles. The third-order valence-corrected chi connectivity index (χ3v) is 4.94. The Bertz CT molecular complexity index is 1440. The fourth-order valence-corrected chi connectivity index (χ4v) is 3.30. The lowest BCUT2D eigenvalue weighted by atomic mass is 10.1. The summed E-state index contributed by atoms with van der Waals surface area (Å²) in [6, 6.07) is 15.2. The van der Waals surface area contributed by atoms with E-state index < -0.39 is 17.0 Å². The molecule has 0 aliphatic heterocycles. The lowest BCUT2D eigenvalue weighted by Gasteiger charge is -2.19. The van der Waals surface area contributed by atoms with Gasteiger partial charge in [0, 0.05) is 11.1 Å². The van der Waals surface area contributed by atoms with Crippen LogP contribution in [0.2, 0.25) is 5.02 Å². The number of aromatic nitrogens is 4. The molecule has 0 saturated carbocycles. The first kappa shape index (κ1) is 23.3. The van der Waals surface area contributed by atoms with Crippen molar-refractivity contribution < 1.29 is 14.4 Å². The van der Waals surface area contributed by atoms with Gasteiger partial charge in [0.2, 0.25) is 5.62 Å². The van der Waals surface area contributed by atoms with E-state index in [2.05, 4.69) is 15.1 Å². The number of hydrogen-bond acceptors (Lipinski definition) is 7. The number of rotatable bonds is 7. The van der Waals surface area contributed by atoms with Crippen molar-refractivity contribution in [2.45, 2.75) is 32.5 Å². The number of hydrogen-bond donors (Lipinski definition) is 2. The zero-order valence-corrected chi connectivity index (χ0v) is 19.2. The molecule has 0 bridgehead atoms. The number of halogens is 1. The van der Waals surface area contributed by atoms with Gasteiger partial charge in [-0.15, -0.1) is 0 Å². The number of benzene rings is 2. The van der Waals surface area contributed by atoms with Crippen LogP contribution in [0.1, 0.15) is 19.4 Å². The summed E-state index contributed by atoms with van der Waals surface area (Å²) in [6.07, 6.45) is 1.40. The van der Waals surface area contributed by atoms with Crippen molar-refractivity contribution >= 4 is 17.3 Å². The molecule has 0 aliphatic rings. The summed E-state index contributed by atoms with van der Waals surface area (Å²) in [4.78, 5) is 33.1. The van der Waals surface area contributed by atoms with Crippen molar-refractivity contribution in [1.82, 2.24) is 19.3 Å². The van der Waals surface area contributed by atoms with Gasteiger partial charge >= 0.3 is 11.4 Å². The van der Waals surface area contributed by atoms with E-state index >= 15 is 0 Å². The Balaban J connectivity index is 1.77. The number of aromatic amines is 1. The number of nitrogens with zero attached hydrogens (tertiary/aromatic N) is 4. The van der Waals surface area contributed by atoms with Crippen LogP contribution in [0, 0.1) is 0 Å². The normalized spacial score (nSPS) is 12.2. The standard InChI is InChI=1S/C23H22ClN5O5/c1-23(2,32)14-29-21(30)26-20(28(22(29)31)13-15-3-5-16(24)6-4-15)25-17-7-9-18(10-8-17)34-19-11-12-33-27-19/h3-12,32H,13-14H2,1-2H3,(H,25,26,30). The molecule has 0 radical (unpaired) electrons. The van der Waals surface area contributed by atoms with Gasteiger partial charge in [-0.05, 0) is 61.0 Å². The largest absolute Gasteiger partial charge is 0.436 e. The average Bonchev–Trinajstić information content (AvgIpc) is 3.29. The monoisotopic (exact) mass is 483 g/mol.